The topological polar surface area (TPSA) is 84.7 Å². The largest absolute Gasteiger partial charge is 0.399 e. The summed E-state index contributed by atoms with van der Waals surface area (Å²) < 4.78 is 5.22. The number of carbonyl (C=O) groups excluding carboxylic acids is 2. The molecule has 0 aromatic heterocycles. The maximum Gasteiger partial charge on any atom is 0.329 e. The van der Waals surface area contributed by atoms with Gasteiger partial charge in [0.15, 0.2) is 0 Å². The molecule has 1 aromatic rings. The van der Waals surface area contributed by atoms with Gasteiger partial charge >= 0.3 is 6.03 Å². The van der Waals surface area contributed by atoms with E-state index in [1.807, 2.05) is 0 Å². The molecule has 2 aliphatic rings. The zero-order valence-electron chi connectivity index (χ0n) is 9.68. The van der Waals surface area contributed by atoms with Crippen molar-refractivity contribution in [1.82, 2.24) is 5.32 Å². The first-order valence-corrected chi connectivity index (χ1v) is 5.72. The van der Waals surface area contributed by atoms with Gasteiger partial charge in [-0.1, -0.05) is 6.07 Å². The molecule has 6 heteroatoms. The average molecular weight is 247 g/mol. The van der Waals surface area contributed by atoms with E-state index in [4.69, 9.17) is 10.5 Å². The molecule has 2 aliphatic heterocycles. The minimum absolute atomic E-state index is 0.233. The van der Waals surface area contributed by atoms with Gasteiger partial charge in [0.05, 0.1) is 12.3 Å². The molecule has 18 heavy (non-hydrogen) atoms. The third-order valence-electron chi connectivity index (χ3n) is 3.31. The third-order valence-corrected chi connectivity index (χ3v) is 3.31. The van der Waals surface area contributed by atoms with Gasteiger partial charge in [0.1, 0.15) is 5.54 Å². The molecular weight excluding hydrogens is 234 g/mol. The van der Waals surface area contributed by atoms with Crippen LogP contribution in [0.15, 0.2) is 24.3 Å². The summed E-state index contributed by atoms with van der Waals surface area (Å²) >= 11 is 0. The van der Waals surface area contributed by atoms with Crippen LogP contribution in [0.1, 0.15) is 6.42 Å². The van der Waals surface area contributed by atoms with Crippen LogP contribution in [0, 0.1) is 0 Å². The third kappa shape index (κ3) is 1.46. The van der Waals surface area contributed by atoms with Crippen LogP contribution in [0.4, 0.5) is 16.2 Å². The summed E-state index contributed by atoms with van der Waals surface area (Å²) in [4.78, 5) is 25.5. The van der Waals surface area contributed by atoms with E-state index in [0.29, 0.717) is 24.4 Å². The summed E-state index contributed by atoms with van der Waals surface area (Å²) in [6.45, 7) is 0.715. The Labute approximate surface area is 104 Å². The minimum atomic E-state index is -0.887. The number of imide groups is 1. The SMILES string of the molecule is Nc1cccc(N2C(=O)NC3(CCOC3)C2=O)c1. The molecule has 1 spiro atoms. The van der Waals surface area contributed by atoms with Crippen molar-refractivity contribution >= 4 is 23.3 Å². The normalized spacial score (nSPS) is 27.0. The zero-order chi connectivity index (χ0) is 12.8. The number of nitrogens with two attached hydrogens (primary N) is 1. The number of rotatable bonds is 1. The number of hydrogen-bond acceptors (Lipinski definition) is 4. The van der Waals surface area contributed by atoms with Crippen molar-refractivity contribution in [3.05, 3.63) is 24.3 Å². The van der Waals surface area contributed by atoms with Crippen molar-refractivity contribution in [2.24, 2.45) is 0 Å². The second kappa shape index (κ2) is 3.71. The predicted octanol–water partition coefficient (Wildman–Crippen LogP) is 0.484. The Morgan fingerprint density at radius 2 is 2.22 bits per heavy atom. The molecule has 2 fully saturated rings. The second-order valence-corrected chi connectivity index (χ2v) is 4.55. The van der Waals surface area contributed by atoms with Gasteiger partial charge in [0.2, 0.25) is 0 Å². The summed E-state index contributed by atoms with van der Waals surface area (Å²) in [6, 6.07) is 6.28. The van der Waals surface area contributed by atoms with Crippen LogP contribution in [-0.4, -0.2) is 30.7 Å². The maximum absolute atomic E-state index is 12.4. The molecule has 0 saturated carbocycles. The highest BCUT2D eigenvalue weighted by atomic mass is 16.5. The van der Waals surface area contributed by atoms with Crippen LogP contribution in [-0.2, 0) is 9.53 Å². The minimum Gasteiger partial charge on any atom is -0.399 e. The molecular formula is C12H13N3O3. The monoisotopic (exact) mass is 247 g/mol. The number of nitrogen functional groups attached to an aromatic ring is 1. The molecule has 1 unspecified atom stereocenters. The Balaban J connectivity index is 1.98. The molecule has 1 atom stereocenters. The van der Waals surface area contributed by atoms with E-state index in [2.05, 4.69) is 5.32 Å². The van der Waals surface area contributed by atoms with Gasteiger partial charge < -0.3 is 15.8 Å². The molecule has 3 rings (SSSR count). The standard InChI is InChI=1S/C12H13N3O3/c13-8-2-1-3-9(6-8)15-10(16)12(14-11(15)17)4-5-18-7-12/h1-3,6H,4-5,7,13H2,(H,14,17). The molecule has 94 valence electrons. The van der Waals surface area contributed by atoms with Crippen molar-refractivity contribution in [1.29, 1.82) is 0 Å². The van der Waals surface area contributed by atoms with E-state index >= 15 is 0 Å². The molecule has 2 saturated heterocycles. The average Bonchev–Trinajstić information content (AvgIpc) is 2.87. The van der Waals surface area contributed by atoms with E-state index in [1.54, 1.807) is 24.3 Å². The lowest BCUT2D eigenvalue weighted by Crippen LogP contribution is -2.47. The molecule has 0 aliphatic carbocycles. The predicted molar refractivity (Wildman–Crippen MR) is 65.0 cm³/mol. The highest BCUT2D eigenvalue weighted by Crippen LogP contribution is 2.31. The number of carbonyl (C=O) groups is 2. The lowest BCUT2D eigenvalue weighted by Gasteiger charge is -2.18. The van der Waals surface area contributed by atoms with Gasteiger partial charge in [-0.2, -0.15) is 0 Å². The van der Waals surface area contributed by atoms with Crippen LogP contribution < -0.4 is 16.0 Å². The Kier molecular flexibility index (Phi) is 2.27. The van der Waals surface area contributed by atoms with Crippen LogP contribution in [0.5, 0.6) is 0 Å². The highest BCUT2D eigenvalue weighted by molar-refractivity contribution is 6.23. The summed E-state index contributed by atoms with van der Waals surface area (Å²) in [5, 5.41) is 2.72. The fraction of sp³-hybridized carbons (Fsp3) is 0.333. The molecule has 3 amide bonds. The van der Waals surface area contributed by atoms with Gasteiger partial charge in [-0.25, -0.2) is 9.69 Å². The second-order valence-electron chi connectivity index (χ2n) is 4.55. The summed E-state index contributed by atoms with van der Waals surface area (Å²) in [6.07, 6.45) is 0.510. The first-order valence-electron chi connectivity index (χ1n) is 5.72. The Bertz CT molecular complexity index is 523. The number of benzene rings is 1. The smallest absolute Gasteiger partial charge is 0.329 e. The lowest BCUT2D eigenvalue weighted by atomic mass is 9.99. The number of nitrogens with zero attached hydrogens (tertiary/aromatic N) is 1. The first-order chi connectivity index (χ1) is 8.62. The molecule has 6 nitrogen and oxygen atoms in total. The number of ether oxygens (including phenoxy) is 1. The van der Waals surface area contributed by atoms with Gasteiger partial charge in [0.25, 0.3) is 5.91 Å². The number of urea groups is 1. The summed E-state index contributed by atoms with van der Waals surface area (Å²) in [5.74, 6) is -0.268. The fourth-order valence-electron chi connectivity index (χ4n) is 2.35. The van der Waals surface area contributed by atoms with E-state index in [-0.39, 0.29) is 12.5 Å². The quantitative estimate of drug-likeness (QED) is 0.558. The summed E-state index contributed by atoms with van der Waals surface area (Å²) in [5.41, 5.74) is 5.78. The van der Waals surface area contributed by atoms with Gasteiger partial charge in [-0.3, -0.25) is 4.79 Å². The summed E-state index contributed by atoms with van der Waals surface area (Å²) in [7, 11) is 0. The maximum atomic E-state index is 12.4. The zero-order valence-corrected chi connectivity index (χ0v) is 9.68. The molecule has 3 N–H and O–H groups in total. The van der Waals surface area contributed by atoms with E-state index in [1.165, 1.54) is 0 Å². The van der Waals surface area contributed by atoms with Crippen molar-refractivity contribution in [2.45, 2.75) is 12.0 Å². The van der Waals surface area contributed by atoms with Gasteiger partial charge in [-0.05, 0) is 18.2 Å². The van der Waals surface area contributed by atoms with Crippen LogP contribution in [0.2, 0.25) is 0 Å². The van der Waals surface area contributed by atoms with Gasteiger partial charge in [0, 0.05) is 18.7 Å². The van der Waals surface area contributed by atoms with Crippen LogP contribution in [0.3, 0.4) is 0 Å². The Morgan fingerprint density at radius 1 is 1.39 bits per heavy atom. The van der Waals surface area contributed by atoms with Crippen molar-refractivity contribution < 1.29 is 14.3 Å². The van der Waals surface area contributed by atoms with E-state index in [9.17, 15) is 9.59 Å². The first kappa shape index (κ1) is 11.0. The van der Waals surface area contributed by atoms with Crippen molar-refractivity contribution in [3.63, 3.8) is 0 Å². The van der Waals surface area contributed by atoms with Crippen LogP contribution in [0.25, 0.3) is 0 Å². The Morgan fingerprint density at radius 3 is 2.89 bits per heavy atom. The number of amides is 3. The molecule has 0 radical (unpaired) electrons. The van der Waals surface area contributed by atoms with E-state index < -0.39 is 11.6 Å². The number of hydrogen-bond donors (Lipinski definition) is 2. The van der Waals surface area contributed by atoms with Crippen molar-refractivity contribution in [2.75, 3.05) is 23.8 Å². The van der Waals surface area contributed by atoms with E-state index in [0.717, 1.165) is 4.90 Å². The molecule has 0 bridgehead atoms. The van der Waals surface area contributed by atoms with Gasteiger partial charge in [-0.15, -0.1) is 0 Å². The van der Waals surface area contributed by atoms with Crippen LogP contribution >= 0.6 is 0 Å². The number of anilines is 2. The molecule has 2 heterocycles. The molecule has 1 aromatic carbocycles. The lowest BCUT2D eigenvalue weighted by molar-refractivity contribution is -0.122. The fourth-order valence-corrected chi connectivity index (χ4v) is 2.35. The number of nitrogens with one attached hydrogen (secondary N) is 1. The van der Waals surface area contributed by atoms with Crippen molar-refractivity contribution in [3.8, 4) is 0 Å². The Hall–Kier alpha value is -2.08. The highest BCUT2D eigenvalue weighted by Gasteiger charge is 2.53.